The normalized spacial score (nSPS) is 15.2. The standard InChI is InChI=1S/C28H29N5O2S/c1-3-8-21-9-7-16-33(21)26-19(2)25(35-22-10-5-4-6-11-22)13-12-23(26)31-27(34)24-18-36-28(32-24)20-14-15-29-30-17-20/h4-6,10-15,17-18,21H,3,7-9,16H2,1-2H3,(H,31,34)/t21-/m0/s1. The summed E-state index contributed by atoms with van der Waals surface area (Å²) in [6.07, 6.45) is 7.79. The van der Waals surface area contributed by atoms with E-state index in [1.807, 2.05) is 48.5 Å². The maximum Gasteiger partial charge on any atom is 0.275 e. The third kappa shape index (κ3) is 5.09. The zero-order chi connectivity index (χ0) is 24.9. The van der Waals surface area contributed by atoms with Gasteiger partial charge in [0.2, 0.25) is 0 Å². The summed E-state index contributed by atoms with van der Waals surface area (Å²) in [4.78, 5) is 20.3. The minimum Gasteiger partial charge on any atom is -0.457 e. The molecule has 4 aromatic rings. The second kappa shape index (κ2) is 10.9. The number of benzene rings is 2. The fraction of sp³-hybridized carbons (Fsp3) is 0.286. The number of carbonyl (C=O) groups is 1. The van der Waals surface area contributed by atoms with Gasteiger partial charge in [0, 0.05) is 29.1 Å². The smallest absolute Gasteiger partial charge is 0.275 e. The first kappa shape index (κ1) is 23.9. The van der Waals surface area contributed by atoms with Crippen LogP contribution in [0, 0.1) is 6.92 Å². The van der Waals surface area contributed by atoms with Crippen molar-refractivity contribution in [1.29, 1.82) is 0 Å². The molecular formula is C28H29N5O2S. The minimum atomic E-state index is -0.233. The van der Waals surface area contributed by atoms with Crippen LogP contribution in [0.1, 0.15) is 48.7 Å². The maximum atomic E-state index is 13.3. The lowest BCUT2D eigenvalue weighted by molar-refractivity contribution is 0.102. The van der Waals surface area contributed by atoms with Gasteiger partial charge in [-0.2, -0.15) is 10.2 Å². The molecule has 1 amide bonds. The number of rotatable bonds is 8. The first-order chi connectivity index (χ1) is 17.6. The predicted molar refractivity (Wildman–Crippen MR) is 144 cm³/mol. The Bertz CT molecular complexity index is 1330. The van der Waals surface area contributed by atoms with Crippen LogP contribution in [0.2, 0.25) is 0 Å². The van der Waals surface area contributed by atoms with Crippen molar-refractivity contribution in [1.82, 2.24) is 15.2 Å². The molecule has 3 heterocycles. The second-order valence-corrected chi connectivity index (χ2v) is 9.76. The van der Waals surface area contributed by atoms with Gasteiger partial charge in [-0.25, -0.2) is 4.98 Å². The SMILES string of the molecule is CCC[C@H]1CCCN1c1c(NC(=O)c2csc(-c3ccnnc3)n2)ccc(Oc2ccccc2)c1C. The molecule has 1 saturated heterocycles. The highest BCUT2D eigenvalue weighted by molar-refractivity contribution is 7.13. The lowest BCUT2D eigenvalue weighted by atomic mass is 10.1. The Hall–Kier alpha value is -3.78. The Labute approximate surface area is 215 Å². The number of amides is 1. The lowest BCUT2D eigenvalue weighted by Crippen LogP contribution is -2.31. The topological polar surface area (TPSA) is 80.2 Å². The Morgan fingerprint density at radius 2 is 2.03 bits per heavy atom. The number of hydrogen-bond donors (Lipinski definition) is 1. The molecule has 0 radical (unpaired) electrons. The van der Waals surface area contributed by atoms with E-state index in [-0.39, 0.29) is 5.91 Å². The summed E-state index contributed by atoms with van der Waals surface area (Å²) in [5.74, 6) is 1.34. The van der Waals surface area contributed by atoms with E-state index >= 15 is 0 Å². The van der Waals surface area contributed by atoms with E-state index in [1.165, 1.54) is 11.3 Å². The second-order valence-electron chi connectivity index (χ2n) is 8.90. The van der Waals surface area contributed by atoms with Crippen LogP contribution in [-0.2, 0) is 0 Å². The van der Waals surface area contributed by atoms with Gasteiger partial charge in [-0.1, -0.05) is 31.5 Å². The van der Waals surface area contributed by atoms with Crippen molar-refractivity contribution in [3.8, 4) is 22.1 Å². The molecule has 0 bridgehead atoms. The van der Waals surface area contributed by atoms with Gasteiger partial charge < -0.3 is 15.0 Å². The lowest BCUT2D eigenvalue weighted by Gasteiger charge is -2.31. The predicted octanol–water partition coefficient (Wildman–Crippen LogP) is 6.72. The first-order valence-corrected chi connectivity index (χ1v) is 13.2. The Morgan fingerprint density at radius 3 is 2.81 bits per heavy atom. The molecule has 36 heavy (non-hydrogen) atoms. The van der Waals surface area contributed by atoms with E-state index in [9.17, 15) is 4.79 Å². The highest BCUT2D eigenvalue weighted by atomic mass is 32.1. The number of nitrogens with zero attached hydrogens (tertiary/aromatic N) is 4. The van der Waals surface area contributed by atoms with Crippen molar-refractivity contribution < 1.29 is 9.53 Å². The van der Waals surface area contributed by atoms with Gasteiger partial charge in [0.05, 0.1) is 23.8 Å². The molecule has 2 aromatic heterocycles. The molecule has 2 aromatic carbocycles. The number of carbonyl (C=O) groups excluding carboxylic acids is 1. The van der Waals surface area contributed by atoms with E-state index in [4.69, 9.17) is 4.74 Å². The number of nitrogens with one attached hydrogen (secondary N) is 1. The summed E-state index contributed by atoms with van der Waals surface area (Å²) >= 11 is 1.41. The van der Waals surface area contributed by atoms with Gasteiger partial charge in [0.15, 0.2) is 0 Å². The molecule has 184 valence electrons. The molecule has 1 fully saturated rings. The highest BCUT2D eigenvalue weighted by Crippen LogP contribution is 2.42. The third-order valence-corrected chi connectivity index (χ3v) is 7.35. The summed E-state index contributed by atoms with van der Waals surface area (Å²) in [6, 6.07) is 15.9. The number of thiazole rings is 1. The van der Waals surface area contributed by atoms with Crippen molar-refractivity contribution in [2.24, 2.45) is 0 Å². The monoisotopic (exact) mass is 499 g/mol. The van der Waals surface area contributed by atoms with E-state index < -0.39 is 0 Å². The van der Waals surface area contributed by atoms with Gasteiger partial charge in [-0.05, 0) is 56.5 Å². The van der Waals surface area contributed by atoms with Crippen LogP contribution < -0.4 is 15.0 Å². The maximum absolute atomic E-state index is 13.3. The molecule has 8 heteroatoms. The summed E-state index contributed by atoms with van der Waals surface area (Å²) in [5, 5.41) is 13.4. The third-order valence-electron chi connectivity index (χ3n) is 6.45. The molecule has 1 aliphatic heterocycles. The van der Waals surface area contributed by atoms with Gasteiger partial charge in [-0.3, -0.25) is 4.79 Å². The molecule has 1 atom stereocenters. The van der Waals surface area contributed by atoms with Crippen molar-refractivity contribution in [2.45, 2.75) is 45.6 Å². The average molecular weight is 500 g/mol. The van der Waals surface area contributed by atoms with E-state index in [1.54, 1.807) is 17.8 Å². The van der Waals surface area contributed by atoms with Crippen LogP contribution in [0.3, 0.4) is 0 Å². The van der Waals surface area contributed by atoms with Crippen LogP contribution in [0.5, 0.6) is 11.5 Å². The largest absolute Gasteiger partial charge is 0.457 e. The van der Waals surface area contributed by atoms with Crippen molar-refractivity contribution in [3.63, 3.8) is 0 Å². The van der Waals surface area contributed by atoms with Crippen molar-refractivity contribution in [2.75, 3.05) is 16.8 Å². The highest BCUT2D eigenvalue weighted by Gasteiger charge is 2.29. The van der Waals surface area contributed by atoms with Gasteiger partial charge in [0.25, 0.3) is 5.91 Å². The van der Waals surface area contributed by atoms with Gasteiger partial charge in [-0.15, -0.1) is 11.3 Å². The van der Waals surface area contributed by atoms with Crippen LogP contribution in [0.25, 0.3) is 10.6 Å². The van der Waals surface area contributed by atoms with Crippen LogP contribution >= 0.6 is 11.3 Å². The Balaban J connectivity index is 1.46. The summed E-state index contributed by atoms with van der Waals surface area (Å²) < 4.78 is 6.24. The van der Waals surface area contributed by atoms with E-state index in [0.29, 0.717) is 11.7 Å². The molecule has 0 saturated carbocycles. The number of ether oxygens (including phenoxy) is 1. The summed E-state index contributed by atoms with van der Waals surface area (Å²) in [6.45, 7) is 5.25. The zero-order valence-electron chi connectivity index (χ0n) is 20.5. The van der Waals surface area contributed by atoms with Crippen LogP contribution in [0.4, 0.5) is 11.4 Å². The zero-order valence-corrected chi connectivity index (χ0v) is 21.3. The number of hydrogen-bond acceptors (Lipinski definition) is 7. The number of para-hydroxylation sites is 1. The average Bonchev–Trinajstić information content (AvgIpc) is 3.58. The van der Waals surface area contributed by atoms with Crippen molar-refractivity contribution >= 4 is 28.6 Å². The molecule has 5 rings (SSSR count). The first-order valence-electron chi connectivity index (χ1n) is 12.3. The number of aromatic nitrogens is 3. The molecule has 7 nitrogen and oxygen atoms in total. The van der Waals surface area contributed by atoms with Gasteiger partial charge in [0.1, 0.15) is 22.2 Å². The van der Waals surface area contributed by atoms with E-state index in [2.05, 4.69) is 39.2 Å². The molecule has 1 N–H and O–H groups in total. The Morgan fingerprint density at radius 1 is 1.17 bits per heavy atom. The molecule has 1 aliphatic rings. The van der Waals surface area contributed by atoms with Crippen molar-refractivity contribution in [3.05, 3.63) is 77.6 Å². The fourth-order valence-electron chi connectivity index (χ4n) is 4.76. The van der Waals surface area contributed by atoms with Crippen LogP contribution in [-0.4, -0.2) is 33.7 Å². The fourth-order valence-corrected chi connectivity index (χ4v) is 5.55. The molecule has 0 unspecified atom stereocenters. The molecule has 0 spiro atoms. The van der Waals surface area contributed by atoms with Crippen LogP contribution in [0.15, 0.2) is 66.3 Å². The minimum absolute atomic E-state index is 0.233. The quantitative estimate of drug-likeness (QED) is 0.290. The summed E-state index contributed by atoms with van der Waals surface area (Å²) in [7, 11) is 0. The van der Waals surface area contributed by atoms with E-state index in [0.717, 1.165) is 71.2 Å². The Kier molecular flexibility index (Phi) is 7.23. The summed E-state index contributed by atoms with van der Waals surface area (Å²) in [5.41, 5.74) is 4.04. The molecular weight excluding hydrogens is 470 g/mol. The molecule has 0 aliphatic carbocycles. The number of anilines is 2. The van der Waals surface area contributed by atoms with Gasteiger partial charge >= 0.3 is 0 Å².